The van der Waals surface area contributed by atoms with Crippen molar-refractivity contribution in [2.24, 2.45) is 0 Å². The van der Waals surface area contributed by atoms with Gasteiger partial charge in [0.05, 0.1) is 14.2 Å². The number of hydrogen-bond donors (Lipinski definition) is 1. The zero-order chi connectivity index (χ0) is 21.9. The molecule has 5 nitrogen and oxygen atoms in total. The molecule has 3 rings (SSSR count). The zero-order valence-corrected chi connectivity index (χ0v) is 18.6. The van der Waals surface area contributed by atoms with Gasteiger partial charge >= 0.3 is 5.97 Å². The lowest BCUT2D eigenvalue weighted by Gasteiger charge is -2.19. The van der Waals surface area contributed by atoms with Crippen LogP contribution in [0.4, 0.5) is 5.00 Å². The van der Waals surface area contributed by atoms with Gasteiger partial charge in [0.15, 0.2) is 0 Å². The minimum atomic E-state index is -0.490. The third kappa shape index (κ3) is 4.54. The normalized spacial score (nSPS) is 11.1. The largest absolute Gasteiger partial charge is 0.497 e. The summed E-state index contributed by atoms with van der Waals surface area (Å²) in [7, 11) is 2.90. The highest BCUT2D eigenvalue weighted by atomic mass is 32.1. The fourth-order valence-electron chi connectivity index (χ4n) is 3.03. The van der Waals surface area contributed by atoms with Crippen LogP contribution < -0.4 is 10.1 Å². The Hall–Kier alpha value is -3.12. The molecule has 156 valence electrons. The molecule has 0 fully saturated rings. The second-order valence-corrected chi connectivity index (χ2v) is 8.73. The lowest BCUT2D eigenvalue weighted by molar-refractivity contribution is 0.0603. The first-order valence-corrected chi connectivity index (χ1v) is 10.4. The molecular formula is C24H25NO4S. The summed E-state index contributed by atoms with van der Waals surface area (Å²) in [5, 5.41) is 5.16. The molecule has 1 aromatic heterocycles. The lowest BCUT2D eigenvalue weighted by atomic mass is 9.86. The molecule has 0 unspecified atom stereocenters. The van der Waals surface area contributed by atoms with Crippen LogP contribution in [0.3, 0.4) is 0 Å². The molecule has 3 aromatic rings. The molecule has 2 aromatic carbocycles. The van der Waals surface area contributed by atoms with E-state index in [1.54, 1.807) is 31.4 Å². The standard InChI is InChI=1S/C24H25NO4S/c1-24(2,3)17-10-6-15(7-11-17)19-14-30-22(20(19)23(27)29-5)25-21(26)16-8-12-18(28-4)13-9-16/h6-14H,1-5H3,(H,25,26). The Kier molecular flexibility index (Phi) is 6.27. The average Bonchev–Trinajstić information content (AvgIpc) is 3.16. The molecule has 0 saturated heterocycles. The molecule has 0 radical (unpaired) electrons. The van der Waals surface area contributed by atoms with Crippen LogP contribution in [0.2, 0.25) is 0 Å². The molecule has 1 heterocycles. The summed E-state index contributed by atoms with van der Waals surface area (Å²) in [6, 6.07) is 14.9. The van der Waals surface area contributed by atoms with Gasteiger partial charge in [0.1, 0.15) is 16.3 Å². The van der Waals surface area contributed by atoms with E-state index in [9.17, 15) is 9.59 Å². The van der Waals surface area contributed by atoms with Gasteiger partial charge in [-0.2, -0.15) is 0 Å². The summed E-state index contributed by atoms with van der Waals surface area (Å²) in [4.78, 5) is 25.2. The Labute approximate surface area is 180 Å². The third-order valence-corrected chi connectivity index (χ3v) is 5.72. The second kappa shape index (κ2) is 8.71. The summed E-state index contributed by atoms with van der Waals surface area (Å²) < 4.78 is 10.1. The molecular weight excluding hydrogens is 398 g/mol. The van der Waals surface area contributed by atoms with Crippen molar-refractivity contribution in [1.29, 1.82) is 0 Å². The van der Waals surface area contributed by atoms with Crippen molar-refractivity contribution in [3.63, 3.8) is 0 Å². The number of nitrogens with one attached hydrogen (secondary N) is 1. The van der Waals surface area contributed by atoms with E-state index in [0.717, 1.165) is 11.1 Å². The maximum Gasteiger partial charge on any atom is 0.341 e. The number of hydrogen-bond acceptors (Lipinski definition) is 5. The van der Waals surface area contributed by atoms with Crippen LogP contribution in [0.25, 0.3) is 11.1 Å². The highest BCUT2D eigenvalue weighted by Gasteiger charge is 2.23. The molecule has 0 aliphatic rings. The lowest BCUT2D eigenvalue weighted by Crippen LogP contribution is -2.14. The summed E-state index contributed by atoms with van der Waals surface area (Å²) in [5.74, 6) is -0.130. The molecule has 1 N–H and O–H groups in total. The van der Waals surface area contributed by atoms with Crippen LogP contribution in [0.5, 0.6) is 5.75 Å². The molecule has 0 saturated carbocycles. The summed E-state index contributed by atoms with van der Waals surface area (Å²) in [6.45, 7) is 6.46. The van der Waals surface area contributed by atoms with Crippen molar-refractivity contribution < 1.29 is 19.1 Å². The van der Waals surface area contributed by atoms with E-state index in [1.807, 2.05) is 17.5 Å². The fourth-order valence-corrected chi connectivity index (χ4v) is 3.99. The number of esters is 1. The second-order valence-electron chi connectivity index (χ2n) is 7.86. The minimum absolute atomic E-state index is 0.0376. The molecule has 1 amide bonds. The first-order chi connectivity index (χ1) is 14.2. The smallest absolute Gasteiger partial charge is 0.341 e. The fraction of sp³-hybridized carbons (Fsp3) is 0.250. The first kappa shape index (κ1) is 21.6. The number of rotatable bonds is 5. The van der Waals surface area contributed by atoms with Crippen molar-refractivity contribution in [3.8, 4) is 16.9 Å². The topological polar surface area (TPSA) is 64.6 Å². The summed E-state index contributed by atoms with van der Waals surface area (Å²) >= 11 is 1.30. The van der Waals surface area contributed by atoms with Crippen LogP contribution in [-0.2, 0) is 10.2 Å². The Morgan fingerprint density at radius 2 is 1.57 bits per heavy atom. The van der Waals surface area contributed by atoms with E-state index >= 15 is 0 Å². The predicted octanol–water partition coefficient (Wildman–Crippen LogP) is 5.76. The van der Waals surface area contributed by atoms with Crippen molar-refractivity contribution in [2.75, 3.05) is 19.5 Å². The monoisotopic (exact) mass is 423 g/mol. The van der Waals surface area contributed by atoms with E-state index in [0.29, 0.717) is 21.9 Å². The van der Waals surface area contributed by atoms with E-state index in [4.69, 9.17) is 9.47 Å². The Morgan fingerprint density at radius 1 is 0.933 bits per heavy atom. The van der Waals surface area contributed by atoms with Crippen LogP contribution >= 0.6 is 11.3 Å². The highest BCUT2D eigenvalue weighted by molar-refractivity contribution is 7.15. The minimum Gasteiger partial charge on any atom is -0.497 e. The average molecular weight is 424 g/mol. The maximum absolute atomic E-state index is 12.7. The van der Waals surface area contributed by atoms with Gasteiger partial charge in [0.2, 0.25) is 0 Å². The van der Waals surface area contributed by atoms with E-state index in [1.165, 1.54) is 24.0 Å². The molecule has 0 bridgehead atoms. The van der Waals surface area contributed by atoms with Crippen molar-refractivity contribution in [3.05, 3.63) is 70.6 Å². The predicted molar refractivity (Wildman–Crippen MR) is 121 cm³/mol. The number of methoxy groups -OCH3 is 2. The number of amides is 1. The highest BCUT2D eigenvalue weighted by Crippen LogP contribution is 2.37. The third-order valence-electron chi connectivity index (χ3n) is 4.82. The Morgan fingerprint density at radius 3 is 2.10 bits per heavy atom. The van der Waals surface area contributed by atoms with Crippen LogP contribution in [0.1, 0.15) is 47.1 Å². The number of anilines is 1. The van der Waals surface area contributed by atoms with E-state index < -0.39 is 5.97 Å². The molecule has 0 aliphatic carbocycles. The maximum atomic E-state index is 12.7. The SMILES string of the molecule is COC(=O)c1c(-c2ccc(C(C)(C)C)cc2)csc1NC(=O)c1ccc(OC)cc1. The van der Waals surface area contributed by atoms with Crippen LogP contribution in [0.15, 0.2) is 53.9 Å². The molecule has 0 spiro atoms. The zero-order valence-electron chi connectivity index (χ0n) is 17.7. The van der Waals surface area contributed by atoms with Gasteiger partial charge in [-0.05, 0) is 40.8 Å². The van der Waals surface area contributed by atoms with Gasteiger partial charge in [-0.25, -0.2) is 4.79 Å². The quantitative estimate of drug-likeness (QED) is 0.530. The number of carbonyl (C=O) groups is 2. The van der Waals surface area contributed by atoms with Gasteiger partial charge in [-0.3, -0.25) is 4.79 Å². The van der Waals surface area contributed by atoms with Gasteiger partial charge < -0.3 is 14.8 Å². The van der Waals surface area contributed by atoms with E-state index in [-0.39, 0.29) is 11.3 Å². The number of benzene rings is 2. The number of carbonyl (C=O) groups excluding carboxylic acids is 2. The van der Waals surface area contributed by atoms with Gasteiger partial charge in [0.25, 0.3) is 5.91 Å². The first-order valence-electron chi connectivity index (χ1n) is 9.50. The van der Waals surface area contributed by atoms with E-state index in [2.05, 4.69) is 38.2 Å². The molecule has 30 heavy (non-hydrogen) atoms. The summed E-state index contributed by atoms with van der Waals surface area (Å²) in [6.07, 6.45) is 0. The van der Waals surface area contributed by atoms with Crippen molar-refractivity contribution >= 4 is 28.2 Å². The van der Waals surface area contributed by atoms with Gasteiger partial charge in [0, 0.05) is 16.5 Å². The van der Waals surface area contributed by atoms with Crippen molar-refractivity contribution in [1.82, 2.24) is 0 Å². The van der Waals surface area contributed by atoms with Crippen LogP contribution in [-0.4, -0.2) is 26.1 Å². The Bertz CT molecular complexity index is 1040. The molecule has 6 heteroatoms. The summed E-state index contributed by atoms with van der Waals surface area (Å²) in [5.41, 5.74) is 3.69. The Balaban J connectivity index is 1.93. The van der Waals surface area contributed by atoms with Crippen LogP contribution in [0, 0.1) is 0 Å². The number of ether oxygens (including phenoxy) is 2. The van der Waals surface area contributed by atoms with Crippen molar-refractivity contribution in [2.45, 2.75) is 26.2 Å². The van der Waals surface area contributed by atoms with Gasteiger partial charge in [-0.1, -0.05) is 45.0 Å². The van der Waals surface area contributed by atoms with Gasteiger partial charge in [-0.15, -0.1) is 11.3 Å². The molecule has 0 aliphatic heterocycles. The molecule has 0 atom stereocenters. The number of thiophene rings is 1.